The highest BCUT2D eigenvalue weighted by Crippen LogP contribution is 2.43. The van der Waals surface area contributed by atoms with Crippen molar-refractivity contribution in [3.63, 3.8) is 0 Å². The van der Waals surface area contributed by atoms with Gasteiger partial charge in [0.15, 0.2) is 11.5 Å². The number of benzene rings is 2. The molecular weight excluding hydrogens is 416 g/mol. The molecule has 1 aromatic heterocycles. The quantitative estimate of drug-likeness (QED) is 0.499. The van der Waals surface area contributed by atoms with E-state index in [1.807, 2.05) is 43.3 Å². The zero-order valence-electron chi connectivity index (χ0n) is 19.4. The topological polar surface area (TPSA) is 69.7 Å². The predicted molar refractivity (Wildman–Crippen MR) is 128 cm³/mol. The molecule has 2 aromatic carbocycles. The fourth-order valence-corrected chi connectivity index (χ4v) is 4.49. The molecule has 6 nitrogen and oxygen atoms in total. The van der Waals surface area contributed by atoms with Gasteiger partial charge >= 0.3 is 0 Å². The average molecular weight is 447 g/mol. The van der Waals surface area contributed by atoms with Crippen molar-refractivity contribution in [1.82, 2.24) is 10.3 Å². The maximum Gasteiger partial charge on any atom is 0.256 e. The van der Waals surface area contributed by atoms with Crippen LogP contribution in [0.15, 0.2) is 60.8 Å². The molecule has 1 aliphatic carbocycles. The molecular formula is C27H30N2O4. The van der Waals surface area contributed by atoms with E-state index in [0.717, 1.165) is 36.8 Å². The van der Waals surface area contributed by atoms with Crippen molar-refractivity contribution in [2.45, 2.75) is 38.0 Å². The van der Waals surface area contributed by atoms with Crippen molar-refractivity contribution in [1.29, 1.82) is 0 Å². The SMILES string of the molecule is COc1ccc(C2(CNC(=O)c3cccnc3Oc3ccc(C)cc3)CCCC2)cc1OC. The van der Waals surface area contributed by atoms with Gasteiger partial charge in [-0.3, -0.25) is 4.79 Å². The summed E-state index contributed by atoms with van der Waals surface area (Å²) in [5.74, 6) is 2.15. The van der Waals surface area contributed by atoms with Crippen LogP contribution < -0.4 is 19.5 Å². The van der Waals surface area contributed by atoms with Gasteiger partial charge in [-0.25, -0.2) is 4.98 Å². The average Bonchev–Trinajstić information content (AvgIpc) is 3.34. The zero-order valence-corrected chi connectivity index (χ0v) is 19.4. The van der Waals surface area contributed by atoms with E-state index < -0.39 is 0 Å². The maximum atomic E-state index is 13.2. The van der Waals surface area contributed by atoms with E-state index in [4.69, 9.17) is 14.2 Å². The summed E-state index contributed by atoms with van der Waals surface area (Å²) in [6.45, 7) is 2.54. The minimum atomic E-state index is -0.197. The third-order valence-corrected chi connectivity index (χ3v) is 6.40. The Labute approximate surface area is 194 Å². The smallest absolute Gasteiger partial charge is 0.256 e. The van der Waals surface area contributed by atoms with Crippen LogP contribution in [0.3, 0.4) is 0 Å². The van der Waals surface area contributed by atoms with Crippen molar-refractivity contribution in [3.8, 4) is 23.1 Å². The molecule has 0 unspecified atom stereocenters. The third-order valence-electron chi connectivity index (χ3n) is 6.40. The van der Waals surface area contributed by atoms with Crippen LogP contribution in [0, 0.1) is 6.92 Å². The Bertz CT molecular complexity index is 1110. The number of pyridine rings is 1. The molecule has 1 N–H and O–H groups in total. The Hall–Kier alpha value is -3.54. The number of aromatic nitrogens is 1. The second-order valence-corrected chi connectivity index (χ2v) is 8.51. The Balaban J connectivity index is 1.53. The predicted octanol–water partition coefficient (Wildman–Crippen LogP) is 5.44. The summed E-state index contributed by atoms with van der Waals surface area (Å²) in [5, 5.41) is 3.15. The summed E-state index contributed by atoms with van der Waals surface area (Å²) < 4.78 is 16.8. The normalized spacial score (nSPS) is 14.5. The van der Waals surface area contributed by atoms with Crippen molar-refractivity contribution in [2.75, 3.05) is 20.8 Å². The highest BCUT2D eigenvalue weighted by Gasteiger charge is 2.37. The van der Waals surface area contributed by atoms with Gasteiger partial charge in [0, 0.05) is 18.2 Å². The molecule has 0 saturated heterocycles. The summed E-state index contributed by atoms with van der Waals surface area (Å²) in [4.78, 5) is 17.5. The minimum Gasteiger partial charge on any atom is -0.493 e. The summed E-state index contributed by atoms with van der Waals surface area (Å²) in [6, 6.07) is 17.2. The molecule has 0 bridgehead atoms. The minimum absolute atomic E-state index is 0.143. The van der Waals surface area contributed by atoms with E-state index in [-0.39, 0.29) is 11.3 Å². The van der Waals surface area contributed by atoms with Gasteiger partial charge in [0.1, 0.15) is 11.3 Å². The molecule has 1 amide bonds. The zero-order chi connectivity index (χ0) is 23.3. The lowest BCUT2D eigenvalue weighted by atomic mass is 9.78. The number of nitrogens with one attached hydrogen (secondary N) is 1. The molecule has 172 valence electrons. The van der Waals surface area contributed by atoms with Gasteiger partial charge in [0.2, 0.25) is 5.88 Å². The number of hydrogen-bond donors (Lipinski definition) is 1. The van der Waals surface area contributed by atoms with Crippen LogP contribution in [0.4, 0.5) is 0 Å². The molecule has 4 rings (SSSR count). The number of hydrogen-bond acceptors (Lipinski definition) is 5. The Morgan fingerprint density at radius 3 is 2.42 bits per heavy atom. The fraction of sp³-hybridized carbons (Fsp3) is 0.333. The van der Waals surface area contributed by atoms with E-state index in [9.17, 15) is 4.79 Å². The molecule has 1 aliphatic rings. The van der Waals surface area contributed by atoms with Crippen molar-refractivity contribution in [3.05, 3.63) is 77.5 Å². The number of ether oxygens (including phenoxy) is 3. The lowest BCUT2D eigenvalue weighted by molar-refractivity contribution is 0.0940. The summed E-state index contributed by atoms with van der Waals surface area (Å²) in [6.07, 6.45) is 5.88. The first kappa shape index (κ1) is 22.6. The van der Waals surface area contributed by atoms with Crippen LogP contribution in [-0.4, -0.2) is 31.7 Å². The largest absolute Gasteiger partial charge is 0.493 e. The van der Waals surface area contributed by atoms with Gasteiger partial charge in [-0.05, 0) is 61.7 Å². The Morgan fingerprint density at radius 1 is 1.00 bits per heavy atom. The highest BCUT2D eigenvalue weighted by atomic mass is 16.5. The fourth-order valence-electron chi connectivity index (χ4n) is 4.49. The van der Waals surface area contributed by atoms with Gasteiger partial charge < -0.3 is 19.5 Å². The third kappa shape index (κ3) is 4.95. The second-order valence-electron chi connectivity index (χ2n) is 8.51. The van der Waals surface area contributed by atoms with Crippen LogP contribution in [0.25, 0.3) is 0 Å². The maximum absolute atomic E-state index is 13.2. The van der Waals surface area contributed by atoms with E-state index in [1.54, 1.807) is 32.5 Å². The number of amides is 1. The molecule has 1 saturated carbocycles. The van der Waals surface area contributed by atoms with Crippen LogP contribution in [-0.2, 0) is 5.41 Å². The molecule has 1 fully saturated rings. The summed E-state index contributed by atoms with van der Waals surface area (Å²) >= 11 is 0. The number of carbonyl (C=O) groups excluding carboxylic acids is 1. The van der Waals surface area contributed by atoms with E-state index in [2.05, 4.69) is 16.4 Å². The summed E-state index contributed by atoms with van der Waals surface area (Å²) in [7, 11) is 3.27. The lowest BCUT2D eigenvalue weighted by Gasteiger charge is -2.30. The lowest BCUT2D eigenvalue weighted by Crippen LogP contribution is -2.39. The van der Waals surface area contributed by atoms with Crippen molar-refractivity contribution >= 4 is 5.91 Å². The molecule has 6 heteroatoms. The van der Waals surface area contributed by atoms with Gasteiger partial charge in [-0.15, -0.1) is 0 Å². The first-order valence-corrected chi connectivity index (χ1v) is 11.2. The number of nitrogens with zero attached hydrogens (tertiary/aromatic N) is 1. The Morgan fingerprint density at radius 2 is 1.73 bits per heavy atom. The molecule has 33 heavy (non-hydrogen) atoms. The first-order chi connectivity index (χ1) is 16.0. The first-order valence-electron chi connectivity index (χ1n) is 11.2. The van der Waals surface area contributed by atoms with Gasteiger partial charge in [0.25, 0.3) is 5.91 Å². The van der Waals surface area contributed by atoms with E-state index in [0.29, 0.717) is 35.2 Å². The number of aryl methyl sites for hydroxylation is 1. The monoisotopic (exact) mass is 446 g/mol. The molecule has 1 heterocycles. The standard InChI is InChI=1S/C27H30N2O4/c1-19-8-11-21(12-9-19)33-26-22(7-6-16-28-26)25(30)29-18-27(14-4-5-15-27)20-10-13-23(31-2)24(17-20)32-3/h6-13,16-17H,4-5,14-15,18H2,1-3H3,(H,29,30). The van der Waals surface area contributed by atoms with E-state index >= 15 is 0 Å². The molecule has 0 atom stereocenters. The summed E-state index contributed by atoms with van der Waals surface area (Å²) in [5.41, 5.74) is 2.56. The van der Waals surface area contributed by atoms with Gasteiger partial charge in [0.05, 0.1) is 14.2 Å². The highest BCUT2D eigenvalue weighted by molar-refractivity contribution is 5.96. The van der Waals surface area contributed by atoms with Crippen LogP contribution in [0.2, 0.25) is 0 Å². The molecule has 0 aliphatic heterocycles. The second kappa shape index (κ2) is 9.94. The van der Waals surface area contributed by atoms with Crippen molar-refractivity contribution in [2.24, 2.45) is 0 Å². The van der Waals surface area contributed by atoms with Gasteiger partial charge in [-0.1, -0.05) is 36.6 Å². The number of methoxy groups -OCH3 is 2. The molecule has 3 aromatic rings. The van der Waals surface area contributed by atoms with Gasteiger partial charge in [-0.2, -0.15) is 0 Å². The van der Waals surface area contributed by atoms with Crippen LogP contribution in [0.1, 0.15) is 47.2 Å². The van der Waals surface area contributed by atoms with Crippen LogP contribution >= 0.6 is 0 Å². The van der Waals surface area contributed by atoms with E-state index in [1.165, 1.54) is 0 Å². The molecule has 0 spiro atoms. The number of rotatable bonds is 8. The Kier molecular flexibility index (Phi) is 6.82. The number of carbonyl (C=O) groups is 1. The van der Waals surface area contributed by atoms with Crippen LogP contribution in [0.5, 0.6) is 23.1 Å². The molecule has 0 radical (unpaired) electrons. The van der Waals surface area contributed by atoms with Crippen molar-refractivity contribution < 1.29 is 19.0 Å².